The molecule has 1 N–H and O–H groups in total. The Labute approximate surface area is 122 Å². The van der Waals surface area contributed by atoms with Gasteiger partial charge in [-0.1, -0.05) is 0 Å². The van der Waals surface area contributed by atoms with Gasteiger partial charge in [0.15, 0.2) is 0 Å². The molecule has 6 heteroatoms. The van der Waals surface area contributed by atoms with E-state index in [1.165, 1.54) is 10.4 Å². The summed E-state index contributed by atoms with van der Waals surface area (Å²) in [5.74, 6) is 1.11. The van der Waals surface area contributed by atoms with Gasteiger partial charge in [-0.3, -0.25) is 4.79 Å². The van der Waals surface area contributed by atoms with Gasteiger partial charge in [0.05, 0.1) is 5.39 Å². The number of likely N-dealkylation sites (N-methyl/N-ethyl adjacent to an activating group) is 1. The largest absolute Gasteiger partial charge is 0.365 e. The number of nitrogens with zero attached hydrogens (tertiary/aromatic N) is 3. The van der Waals surface area contributed by atoms with E-state index in [1.807, 2.05) is 7.05 Å². The molecule has 1 amide bonds. The number of nitrogens with one attached hydrogen (secondary N) is 1. The van der Waals surface area contributed by atoms with Gasteiger partial charge in [0.25, 0.3) is 0 Å². The van der Waals surface area contributed by atoms with E-state index in [4.69, 9.17) is 0 Å². The fourth-order valence-corrected chi connectivity index (χ4v) is 3.61. The van der Waals surface area contributed by atoms with Crippen LogP contribution in [0.3, 0.4) is 0 Å². The van der Waals surface area contributed by atoms with Gasteiger partial charge in [0.1, 0.15) is 17.0 Å². The normalized spacial score (nSPS) is 19.6. The van der Waals surface area contributed by atoms with Crippen LogP contribution in [0.25, 0.3) is 10.2 Å². The second-order valence-corrected chi connectivity index (χ2v) is 6.54. The van der Waals surface area contributed by atoms with Gasteiger partial charge in [0.2, 0.25) is 5.91 Å². The number of hydrogen-bond donors (Lipinski definition) is 1. The number of aromatic nitrogens is 2. The van der Waals surface area contributed by atoms with Crippen LogP contribution in [0.15, 0.2) is 6.33 Å². The molecule has 0 bridgehead atoms. The summed E-state index contributed by atoms with van der Waals surface area (Å²) in [7, 11) is 1.85. The Morgan fingerprint density at radius 2 is 2.20 bits per heavy atom. The van der Waals surface area contributed by atoms with Crippen LogP contribution in [0, 0.1) is 13.8 Å². The Morgan fingerprint density at radius 1 is 1.40 bits per heavy atom. The molecule has 2 aromatic rings. The highest BCUT2D eigenvalue weighted by Gasteiger charge is 2.24. The third-order valence-electron chi connectivity index (χ3n) is 3.93. The third kappa shape index (κ3) is 2.24. The van der Waals surface area contributed by atoms with Crippen LogP contribution in [-0.4, -0.2) is 40.4 Å². The first-order chi connectivity index (χ1) is 9.56. The lowest BCUT2D eigenvalue weighted by atomic mass is 10.1. The van der Waals surface area contributed by atoms with Crippen molar-refractivity contribution in [2.24, 2.45) is 0 Å². The van der Waals surface area contributed by atoms with Gasteiger partial charge >= 0.3 is 0 Å². The number of rotatable bonds is 2. The maximum absolute atomic E-state index is 11.5. The first-order valence-corrected chi connectivity index (χ1v) is 7.59. The first kappa shape index (κ1) is 13.3. The van der Waals surface area contributed by atoms with Crippen LogP contribution < -0.4 is 5.32 Å². The van der Waals surface area contributed by atoms with Crippen molar-refractivity contribution >= 4 is 33.3 Å². The predicted molar refractivity (Wildman–Crippen MR) is 81.2 cm³/mol. The summed E-state index contributed by atoms with van der Waals surface area (Å²) in [6, 6.07) is 0.260. The minimum atomic E-state index is 0.221. The fourth-order valence-electron chi connectivity index (χ4n) is 2.62. The summed E-state index contributed by atoms with van der Waals surface area (Å²) in [5.41, 5.74) is 1.24. The number of piperidine rings is 1. The number of amides is 1. The zero-order valence-electron chi connectivity index (χ0n) is 11.9. The monoisotopic (exact) mass is 290 g/mol. The van der Waals surface area contributed by atoms with Crippen LogP contribution in [0.4, 0.5) is 5.82 Å². The van der Waals surface area contributed by atoms with Crippen molar-refractivity contribution in [2.75, 3.05) is 18.9 Å². The number of fused-ring (bicyclic) bond motifs is 1. The van der Waals surface area contributed by atoms with E-state index in [0.717, 1.165) is 29.0 Å². The molecule has 0 aromatic carbocycles. The zero-order chi connectivity index (χ0) is 14.3. The van der Waals surface area contributed by atoms with Crippen molar-refractivity contribution in [3.8, 4) is 0 Å². The summed E-state index contributed by atoms with van der Waals surface area (Å²) in [4.78, 5) is 24.4. The van der Waals surface area contributed by atoms with E-state index in [-0.39, 0.29) is 11.9 Å². The van der Waals surface area contributed by atoms with Crippen molar-refractivity contribution in [1.82, 2.24) is 14.9 Å². The van der Waals surface area contributed by atoms with Crippen molar-refractivity contribution < 1.29 is 4.79 Å². The molecule has 20 heavy (non-hydrogen) atoms. The molecule has 2 aromatic heterocycles. The number of aryl methyl sites for hydroxylation is 2. The molecule has 0 spiro atoms. The highest BCUT2D eigenvalue weighted by atomic mass is 32.1. The summed E-state index contributed by atoms with van der Waals surface area (Å²) in [6.45, 7) is 4.95. The van der Waals surface area contributed by atoms with Crippen molar-refractivity contribution in [1.29, 1.82) is 0 Å². The fraction of sp³-hybridized carbons (Fsp3) is 0.500. The SMILES string of the molecule is Cc1sc2ncnc(NC3CCC(=O)N(C)C3)c2c1C. The summed E-state index contributed by atoms with van der Waals surface area (Å²) >= 11 is 1.70. The van der Waals surface area contributed by atoms with E-state index >= 15 is 0 Å². The van der Waals surface area contributed by atoms with Gasteiger partial charge < -0.3 is 10.2 Å². The van der Waals surface area contributed by atoms with E-state index in [2.05, 4.69) is 29.1 Å². The highest BCUT2D eigenvalue weighted by Crippen LogP contribution is 2.33. The summed E-state index contributed by atoms with van der Waals surface area (Å²) < 4.78 is 0. The number of anilines is 1. The molecule has 0 aliphatic carbocycles. The molecule has 1 aliphatic heterocycles. The van der Waals surface area contributed by atoms with Gasteiger partial charge in [-0.05, 0) is 25.8 Å². The molecule has 1 aliphatic rings. The topological polar surface area (TPSA) is 58.1 Å². The Hall–Kier alpha value is -1.69. The molecule has 5 nitrogen and oxygen atoms in total. The Kier molecular flexibility index (Phi) is 3.33. The second-order valence-electron chi connectivity index (χ2n) is 5.34. The van der Waals surface area contributed by atoms with E-state index in [0.29, 0.717) is 6.42 Å². The van der Waals surface area contributed by atoms with Gasteiger partial charge in [-0.15, -0.1) is 11.3 Å². The Balaban J connectivity index is 1.89. The molecular weight excluding hydrogens is 272 g/mol. The quantitative estimate of drug-likeness (QED) is 0.922. The zero-order valence-corrected chi connectivity index (χ0v) is 12.8. The van der Waals surface area contributed by atoms with Crippen molar-refractivity contribution in [3.05, 3.63) is 16.8 Å². The number of carbonyl (C=O) groups excluding carboxylic acids is 1. The number of carbonyl (C=O) groups is 1. The van der Waals surface area contributed by atoms with Gasteiger partial charge in [-0.25, -0.2) is 9.97 Å². The molecule has 1 saturated heterocycles. The van der Waals surface area contributed by atoms with Crippen LogP contribution >= 0.6 is 11.3 Å². The molecule has 3 rings (SSSR count). The molecule has 1 atom stereocenters. The summed E-state index contributed by atoms with van der Waals surface area (Å²) in [5, 5.41) is 4.61. The van der Waals surface area contributed by atoms with E-state index in [1.54, 1.807) is 22.6 Å². The lowest BCUT2D eigenvalue weighted by molar-refractivity contribution is -0.132. The molecule has 3 heterocycles. The average molecular weight is 290 g/mol. The molecule has 0 radical (unpaired) electrons. The average Bonchev–Trinajstić information content (AvgIpc) is 2.71. The lowest BCUT2D eigenvalue weighted by Crippen LogP contribution is -2.43. The number of thiophene rings is 1. The molecular formula is C14H18N4OS. The van der Waals surface area contributed by atoms with Gasteiger partial charge in [0, 0.05) is 30.9 Å². The van der Waals surface area contributed by atoms with Crippen molar-refractivity contribution in [3.63, 3.8) is 0 Å². The first-order valence-electron chi connectivity index (χ1n) is 6.77. The number of hydrogen-bond acceptors (Lipinski definition) is 5. The van der Waals surface area contributed by atoms with E-state index < -0.39 is 0 Å². The van der Waals surface area contributed by atoms with Crippen LogP contribution in [0.5, 0.6) is 0 Å². The predicted octanol–water partition coefficient (Wildman–Crippen LogP) is 2.34. The van der Waals surface area contributed by atoms with Crippen LogP contribution in [-0.2, 0) is 4.79 Å². The van der Waals surface area contributed by atoms with Crippen molar-refractivity contribution in [2.45, 2.75) is 32.7 Å². The van der Waals surface area contributed by atoms with Crippen LogP contribution in [0.1, 0.15) is 23.3 Å². The molecule has 0 saturated carbocycles. The second kappa shape index (κ2) is 5.01. The third-order valence-corrected chi connectivity index (χ3v) is 5.05. The highest BCUT2D eigenvalue weighted by molar-refractivity contribution is 7.18. The van der Waals surface area contributed by atoms with Gasteiger partial charge in [-0.2, -0.15) is 0 Å². The minimum Gasteiger partial charge on any atom is -0.365 e. The molecule has 1 fully saturated rings. The standard InChI is InChI=1S/C14H18N4OS/c1-8-9(2)20-14-12(8)13(15-7-16-14)17-10-4-5-11(19)18(3)6-10/h7,10H,4-6H2,1-3H3,(H,15,16,17). The van der Waals surface area contributed by atoms with Crippen LogP contribution in [0.2, 0.25) is 0 Å². The Bertz CT molecular complexity index is 666. The summed E-state index contributed by atoms with van der Waals surface area (Å²) in [6.07, 6.45) is 3.07. The maximum atomic E-state index is 11.5. The lowest BCUT2D eigenvalue weighted by Gasteiger charge is -2.30. The maximum Gasteiger partial charge on any atom is 0.222 e. The minimum absolute atomic E-state index is 0.221. The molecule has 1 unspecified atom stereocenters. The Morgan fingerprint density at radius 3 is 2.95 bits per heavy atom. The number of likely N-dealkylation sites (tertiary alicyclic amines) is 1. The van der Waals surface area contributed by atoms with E-state index in [9.17, 15) is 4.79 Å². The molecule has 106 valence electrons. The smallest absolute Gasteiger partial charge is 0.222 e.